The van der Waals surface area contributed by atoms with Gasteiger partial charge in [0, 0.05) is 17.7 Å². The molecular formula is C31H31N3O2. The second-order valence-corrected chi connectivity index (χ2v) is 11.1. The zero-order chi connectivity index (χ0) is 25.8. The van der Waals surface area contributed by atoms with Crippen molar-refractivity contribution in [2.75, 3.05) is 11.4 Å². The molecular weight excluding hydrogens is 446 g/mol. The van der Waals surface area contributed by atoms with E-state index in [0.717, 1.165) is 53.3 Å². The number of hydrogen-bond donors (Lipinski definition) is 1. The van der Waals surface area contributed by atoms with E-state index in [-0.39, 0.29) is 16.4 Å². The van der Waals surface area contributed by atoms with Gasteiger partial charge in [0.05, 0.1) is 40.0 Å². The van der Waals surface area contributed by atoms with E-state index in [1.165, 1.54) is 11.1 Å². The van der Waals surface area contributed by atoms with E-state index in [0.29, 0.717) is 5.56 Å². The van der Waals surface area contributed by atoms with Crippen LogP contribution in [0.5, 0.6) is 0 Å². The minimum Gasteiger partial charge on any atom is -0.478 e. The van der Waals surface area contributed by atoms with Crippen LogP contribution in [0.1, 0.15) is 85.6 Å². The van der Waals surface area contributed by atoms with Gasteiger partial charge in [-0.2, -0.15) is 5.26 Å². The fourth-order valence-electron chi connectivity index (χ4n) is 5.57. The van der Waals surface area contributed by atoms with E-state index >= 15 is 0 Å². The van der Waals surface area contributed by atoms with Crippen LogP contribution in [0.25, 0.3) is 0 Å². The Bertz CT molecular complexity index is 1460. The molecule has 0 fully saturated rings. The van der Waals surface area contributed by atoms with E-state index in [9.17, 15) is 15.2 Å². The smallest absolute Gasteiger partial charge is 0.335 e. The molecule has 0 spiro atoms. The molecule has 3 aromatic carbocycles. The van der Waals surface area contributed by atoms with E-state index in [1.807, 2.05) is 30.3 Å². The van der Waals surface area contributed by atoms with Gasteiger partial charge in [-0.1, -0.05) is 39.8 Å². The number of carbonyl (C=O) groups is 1. The largest absolute Gasteiger partial charge is 0.478 e. The molecule has 0 saturated carbocycles. The van der Waals surface area contributed by atoms with Crippen molar-refractivity contribution in [1.82, 2.24) is 0 Å². The molecule has 1 aliphatic carbocycles. The lowest BCUT2D eigenvalue weighted by molar-refractivity contribution is 0.0697. The van der Waals surface area contributed by atoms with E-state index in [2.05, 4.69) is 57.7 Å². The molecule has 0 radical (unpaired) electrons. The predicted octanol–water partition coefficient (Wildman–Crippen LogP) is 7.25. The van der Waals surface area contributed by atoms with Crippen LogP contribution >= 0.6 is 0 Å². The average Bonchev–Trinajstić information content (AvgIpc) is 2.99. The zero-order valence-corrected chi connectivity index (χ0v) is 21.5. The van der Waals surface area contributed by atoms with Crippen molar-refractivity contribution >= 4 is 28.7 Å². The first kappa shape index (κ1) is 23.8. The van der Waals surface area contributed by atoms with Crippen molar-refractivity contribution in [2.24, 2.45) is 4.99 Å². The molecule has 5 nitrogen and oxygen atoms in total. The van der Waals surface area contributed by atoms with Gasteiger partial charge in [-0.05, 0) is 84.2 Å². The van der Waals surface area contributed by atoms with Gasteiger partial charge in [-0.25, -0.2) is 9.79 Å². The molecule has 0 saturated heterocycles. The molecule has 1 aliphatic heterocycles. The molecule has 182 valence electrons. The Morgan fingerprint density at radius 1 is 0.972 bits per heavy atom. The van der Waals surface area contributed by atoms with E-state index in [1.54, 1.807) is 12.1 Å². The standard InChI is InChI=1S/C31H31N3O2/c1-6-34-26-12-7-19(18-32)15-25(26)33-28(20-8-10-21(11-9-20)29(35)36)22-16-23-24(17-27(22)34)31(4,5)14-13-30(23,2)3/h7-12,15-17H,6,13-14H2,1-5H3,(H,35,36). The van der Waals surface area contributed by atoms with Gasteiger partial charge in [0.15, 0.2) is 0 Å². The monoisotopic (exact) mass is 477 g/mol. The summed E-state index contributed by atoms with van der Waals surface area (Å²) in [6.45, 7) is 12.2. The number of benzene rings is 3. The Balaban J connectivity index is 1.85. The summed E-state index contributed by atoms with van der Waals surface area (Å²) in [5, 5.41) is 19.0. The highest BCUT2D eigenvalue weighted by atomic mass is 16.4. The zero-order valence-electron chi connectivity index (χ0n) is 21.5. The second kappa shape index (κ2) is 8.34. The summed E-state index contributed by atoms with van der Waals surface area (Å²) in [4.78, 5) is 18.9. The molecule has 0 aromatic heterocycles. The summed E-state index contributed by atoms with van der Waals surface area (Å²) in [7, 11) is 0. The highest BCUT2D eigenvalue weighted by molar-refractivity contribution is 6.19. The Hall–Kier alpha value is -3.91. The third-order valence-electron chi connectivity index (χ3n) is 7.86. The van der Waals surface area contributed by atoms with Crippen molar-refractivity contribution in [3.63, 3.8) is 0 Å². The van der Waals surface area contributed by atoms with Gasteiger partial charge in [0.25, 0.3) is 0 Å². The van der Waals surface area contributed by atoms with Crippen LogP contribution in [-0.2, 0) is 10.8 Å². The minimum atomic E-state index is -0.955. The van der Waals surface area contributed by atoms with Gasteiger partial charge < -0.3 is 10.0 Å². The fraction of sp³-hybridized carbons (Fsp3) is 0.323. The number of hydrogen-bond acceptors (Lipinski definition) is 4. The number of rotatable bonds is 3. The molecule has 1 heterocycles. The van der Waals surface area contributed by atoms with Crippen LogP contribution in [0, 0.1) is 11.3 Å². The molecule has 0 atom stereocenters. The van der Waals surface area contributed by atoms with Crippen molar-refractivity contribution in [1.29, 1.82) is 5.26 Å². The molecule has 1 N–H and O–H groups in total. The molecule has 3 aromatic rings. The quantitative estimate of drug-likeness (QED) is 0.431. The number of carboxylic acid groups (broad SMARTS) is 1. The van der Waals surface area contributed by atoms with Gasteiger partial charge in [0.1, 0.15) is 0 Å². The lowest BCUT2D eigenvalue weighted by Gasteiger charge is -2.43. The number of fused-ring (bicyclic) bond motifs is 3. The molecule has 0 amide bonds. The molecule has 36 heavy (non-hydrogen) atoms. The van der Waals surface area contributed by atoms with Gasteiger partial charge in [-0.3, -0.25) is 0 Å². The van der Waals surface area contributed by atoms with Gasteiger partial charge in [-0.15, -0.1) is 0 Å². The van der Waals surface area contributed by atoms with Crippen LogP contribution in [0.4, 0.5) is 17.1 Å². The first-order valence-corrected chi connectivity index (χ1v) is 12.5. The van der Waals surface area contributed by atoms with Gasteiger partial charge >= 0.3 is 5.97 Å². The van der Waals surface area contributed by atoms with E-state index < -0.39 is 5.97 Å². The molecule has 5 rings (SSSR count). The van der Waals surface area contributed by atoms with Crippen LogP contribution < -0.4 is 4.90 Å². The first-order valence-electron chi connectivity index (χ1n) is 12.5. The normalized spacial score (nSPS) is 17.1. The third kappa shape index (κ3) is 3.78. The highest BCUT2D eigenvalue weighted by Gasteiger charge is 2.39. The Labute approximate surface area is 212 Å². The minimum absolute atomic E-state index is 0.0301. The molecule has 0 unspecified atom stereocenters. The Morgan fingerprint density at radius 2 is 1.61 bits per heavy atom. The maximum atomic E-state index is 11.5. The molecule has 5 heteroatoms. The highest BCUT2D eigenvalue weighted by Crippen LogP contribution is 2.50. The summed E-state index contributed by atoms with van der Waals surface area (Å²) in [6.07, 6.45) is 2.23. The van der Waals surface area contributed by atoms with Crippen molar-refractivity contribution in [3.05, 3.63) is 88.0 Å². The summed E-state index contributed by atoms with van der Waals surface area (Å²) in [5.41, 5.74) is 9.04. The maximum absolute atomic E-state index is 11.5. The number of nitriles is 1. The van der Waals surface area contributed by atoms with Crippen LogP contribution in [0.15, 0.2) is 59.6 Å². The predicted molar refractivity (Wildman–Crippen MR) is 144 cm³/mol. The molecule has 0 bridgehead atoms. The number of anilines is 2. The maximum Gasteiger partial charge on any atom is 0.335 e. The lowest BCUT2D eigenvalue weighted by atomic mass is 9.62. The second-order valence-electron chi connectivity index (χ2n) is 11.1. The van der Waals surface area contributed by atoms with Crippen LogP contribution in [0.2, 0.25) is 0 Å². The lowest BCUT2D eigenvalue weighted by Crippen LogP contribution is -2.34. The van der Waals surface area contributed by atoms with Crippen molar-refractivity contribution in [2.45, 2.75) is 58.3 Å². The van der Waals surface area contributed by atoms with E-state index in [4.69, 9.17) is 4.99 Å². The molecule has 2 aliphatic rings. The summed E-state index contributed by atoms with van der Waals surface area (Å²) in [5.74, 6) is -0.955. The number of carboxylic acids is 1. The summed E-state index contributed by atoms with van der Waals surface area (Å²) < 4.78 is 0. The van der Waals surface area contributed by atoms with Crippen molar-refractivity contribution in [3.8, 4) is 6.07 Å². The summed E-state index contributed by atoms with van der Waals surface area (Å²) >= 11 is 0. The topological polar surface area (TPSA) is 76.7 Å². The third-order valence-corrected chi connectivity index (χ3v) is 7.86. The number of aromatic carboxylic acids is 1. The first-order chi connectivity index (χ1) is 17.1. The fourth-order valence-corrected chi connectivity index (χ4v) is 5.57. The SMILES string of the molecule is CCN1c2ccc(C#N)cc2N=C(c2ccc(C(=O)O)cc2)c2cc3c(cc21)C(C)(C)CCC3(C)C. The Kier molecular flexibility index (Phi) is 5.52. The Morgan fingerprint density at radius 3 is 2.19 bits per heavy atom. The average molecular weight is 478 g/mol. The summed E-state index contributed by atoms with van der Waals surface area (Å²) in [6, 6.07) is 19.5. The number of aliphatic imine (C=N–C) groups is 1. The number of nitrogens with zero attached hydrogens (tertiary/aromatic N) is 3. The van der Waals surface area contributed by atoms with Crippen LogP contribution in [0.3, 0.4) is 0 Å². The van der Waals surface area contributed by atoms with Gasteiger partial charge in [0.2, 0.25) is 0 Å². The van der Waals surface area contributed by atoms with Crippen LogP contribution in [-0.4, -0.2) is 23.3 Å². The van der Waals surface area contributed by atoms with Crippen molar-refractivity contribution < 1.29 is 9.90 Å².